The van der Waals surface area contributed by atoms with Gasteiger partial charge in [0.1, 0.15) is 11.6 Å². The van der Waals surface area contributed by atoms with E-state index in [4.69, 9.17) is 5.73 Å². The van der Waals surface area contributed by atoms with E-state index in [0.717, 1.165) is 24.1 Å². The van der Waals surface area contributed by atoms with Gasteiger partial charge in [0, 0.05) is 30.1 Å². The van der Waals surface area contributed by atoms with Gasteiger partial charge in [-0.1, -0.05) is 20.8 Å². The van der Waals surface area contributed by atoms with Crippen molar-refractivity contribution in [3.05, 3.63) is 46.7 Å². The molecule has 0 spiro atoms. The Bertz CT molecular complexity index is 605. The maximum Gasteiger partial charge on any atom is 0.130 e. The second-order valence-electron chi connectivity index (χ2n) is 5.39. The molecule has 0 aliphatic rings. The van der Waals surface area contributed by atoms with E-state index >= 15 is 0 Å². The lowest BCUT2D eigenvalue weighted by Crippen LogP contribution is -2.06. The fourth-order valence-corrected chi connectivity index (χ4v) is 2.28. The lowest BCUT2D eigenvalue weighted by Gasteiger charge is -2.14. The van der Waals surface area contributed by atoms with Crippen molar-refractivity contribution in [2.24, 2.45) is 0 Å². The number of nitrogens with zero attached hydrogens (tertiary/aromatic N) is 3. The molecule has 0 aliphatic carbocycles. The summed E-state index contributed by atoms with van der Waals surface area (Å²) >= 11 is 0. The van der Waals surface area contributed by atoms with Crippen molar-refractivity contribution in [1.82, 2.24) is 15.0 Å². The first-order valence-electron chi connectivity index (χ1n) is 7.07. The highest BCUT2D eigenvalue weighted by atomic mass is 14.9. The van der Waals surface area contributed by atoms with E-state index in [0.29, 0.717) is 17.6 Å². The average molecular weight is 270 g/mol. The monoisotopic (exact) mass is 270 g/mol. The maximum atomic E-state index is 6.00. The van der Waals surface area contributed by atoms with Crippen LogP contribution in [0.1, 0.15) is 54.9 Å². The molecule has 4 heteroatoms. The van der Waals surface area contributed by atoms with E-state index in [9.17, 15) is 0 Å². The zero-order valence-corrected chi connectivity index (χ0v) is 12.6. The number of nitrogens with two attached hydrogens (primary N) is 1. The lowest BCUT2D eigenvalue weighted by molar-refractivity contribution is 0.829. The number of nitrogen functional groups attached to an aromatic ring is 1. The first-order chi connectivity index (χ1) is 9.51. The first-order valence-corrected chi connectivity index (χ1v) is 7.07. The summed E-state index contributed by atoms with van der Waals surface area (Å²) in [5, 5.41) is 0. The quantitative estimate of drug-likeness (QED) is 0.927. The summed E-state index contributed by atoms with van der Waals surface area (Å²) in [5.74, 6) is 1.72. The van der Waals surface area contributed by atoms with Gasteiger partial charge in [0.2, 0.25) is 0 Å². The summed E-state index contributed by atoms with van der Waals surface area (Å²) in [4.78, 5) is 13.0. The predicted molar refractivity (Wildman–Crippen MR) is 81.7 cm³/mol. The molecule has 0 radical (unpaired) electrons. The Balaban J connectivity index is 2.40. The SMILES string of the molecule is CCc1cc(Cc2cnc(C)nc2N)c(C(C)C)cn1. The number of pyridine rings is 1. The highest BCUT2D eigenvalue weighted by Crippen LogP contribution is 2.23. The van der Waals surface area contributed by atoms with Gasteiger partial charge in [-0.2, -0.15) is 0 Å². The molecule has 2 N–H and O–H groups in total. The van der Waals surface area contributed by atoms with E-state index in [1.807, 2.05) is 19.3 Å². The Morgan fingerprint density at radius 3 is 2.50 bits per heavy atom. The van der Waals surface area contributed by atoms with Crippen LogP contribution in [0.2, 0.25) is 0 Å². The molecule has 0 aliphatic heterocycles. The minimum Gasteiger partial charge on any atom is -0.383 e. The van der Waals surface area contributed by atoms with E-state index in [2.05, 4.69) is 41.8 Å². The van der Waals surface area contributed by atoms with Gasteiger partial charge in [0.25, 0.3) is 0 Å². The van der Waals surface area contributed by atoms with Gasteiger partial charge in [-0.3, -0.25) is 4.98 Å². The van der Waals surface area contributed by atoms with Crippen molar-refractivity contribution in [2.75, 3.05) is 5.73 Å². The molecule has 0 saturated heterocycles. The van der Waals surface area contributed by atoms with Crippen LogP contribution in [0.3, 0.4) is 0 Å². The van der Waals surface area contributed by atoms with Crippen LogP contribution in [0, 0.1) is 6.92 Å². The van der Waals surface area contributed by atoms with Gasteiger partial charge in [-0.05, 0) is 36.5 Å². The Morgan fingerprint density at radius 2 is 1.90 bits per heavy atom. The molecule has 4 nitrogen and oxygen atoms in total. The van der Waals surface area contributed by atoms with Gasteiger partial charge in [0.05, 0.1) is 0 Å². The summed E-state index contributed by atoms with van der Waals surface area (Å²) in [6.45, 7) is 8.33. The van der Waals surface area contributed by atoms with Crippen LogP contribution in [0.4, 0.5) is 5.82 Å². The minimum atomic E-state index is 0.441. The normalized spacial score (nSPS) is 11.1. The molecule has 0 atom stereocenters. The molecule has 106 valence electrons. The second kappa shape index (κ2) is 5.99. The highest BCUT2D eigenvalue weighted by molar-refractivity contribution is 5.43. The van der Waals surface area contributed by atoms with E-state index in [1.54, 1.807) is 0 Å². The third-order valence-corrected chi connectivity index (χ3v) is 3.46. The average Bonchev–Trinajstić information content (AvgIpc) is 2.41. The van der Waals surface area contributed by atoms with Crippen molar-refractivity contribution in [3.63, 3.8) is 0 Å². The minimum absolute atomic E-state index is 0.441. The van der Waals surface area contributed by atoms with E-state index in [-0.39, 0.29) is 0 Å². The molecular formula is C16H22N4. The Hall–Kier alpha value is -1.97. The van der Waals surface area contributed by atoms with Gasteiger partial charge in [-0.25, -0.2) is 9.97 Å². The van der Waals surface area contributed by atoms with Gasteiger partial charge in [-0.15, -0.1) is 0 Å². The van der Waals surface area contributed by atoms with Crippen molar-refractivity contribution in [2.45, 2.75) is 46.5 Å². The molecule has 2 rings (SSSR count). The van der Waals surface area contributed by atoms with Crippen molar-refractivity contribution in [3.8, 4) is 0 Å². The summed E-state index contributed by atoms with van der Waals surface area (Å²) in [6, 6.07) is 2.18. The lowest BCUT2D eigenvalue weighted by atomic mass is 9.94. The number of rotatable bonds is 4. The van der Waals surface area contributed by atoms with Crippen molar-refractivity contribution >= 4 is 5.82 Å². The summed E-state index contributed by atoms with van der Waals surface area (Å²) in [7, 11) is 0. The van der Waals surface area contributed by atoms with Gasteiger partial charge >= 0.3 is 0 Å². The largest absolute Gasteiger partial charge is 0.383 e. The Morgan fingerprint density at radius 1 is 1.15 bits per heavy atom. The molecule has 2 aromatic rings. The van der Waals surface area contributed by atoms with Crippen LogP contribution < -0.4 is 5.73 Å². The van der Waals surface area contributed by atoms with E-state index < -0.39 is 0 Å². The highest BCUT2D eigenvalue weighted by Gasteiger charge is 2.11. The smallest absolute Gasteiger partial charge is 0.130 e. The number of hydrogen-bond donors (Lipinski definition) is 1. The van der Waals surface area contributed by atoms with Crippen molar-refractivity contribution < 1.29 is 0 Å². The molecule has 0 bridgehead atoms. The van der Waals surface area contributed by atoms with Crippen molar-refractivity contribution in [1.29, 1.82) is 0 Å². The number of aryl methyl sites for hydroxylation is 2. The zero-order valence-electron chi connectivity index (χ0n) is 12.6. The molecule has 0 saturated carbocycles. The number of aromatic nitrogens is 3. The Labute approximate surface area is 120 Å². The number of hydrogen-bond acceptors (Lipinski definition) is 4. The van der Waals surface area contributed by atoms with Crippen LogP contribution in [0.25, 0.3) is 0 Å². The molecule has 0 aromatic carbocycles. The van der Waals surface area contributed by atoms with Crippen LogP contribution in [-0.4, -0.2) is 15.0 Å². The molecule has 0 amide bonds. The molecule has 2 heterocycles. The standard InChI is InChI=1S/C16H22N4/c1-5-14-7-12(15(9-19-14)10(2)3)6-13-8-18-11(4)20-16(13)17/h7-10H,5-6H2,1-4H3,(H2,17,18,20). The van der Waals surface area contributed by atoms with Crippen LogP contribution in [0.5, 0.6) is 0 Å². The maximum absolute atomic E-state index is 6.00. The van der Waals surface area contributed by atoms with Crippen LogP contribution in [-0.2, 0) is 12.8 Å². The molecule has 0 fully saturated rings. The zero-order chi connectivity index (χ0) is 14.7. The molecular weight excluding hydrogens is 248 g/mol. The summed E-state index contributed by atoms with van der Waals surface area (Å²) in [5.41, 5.74) is 10.6. The third kappa shape index (κ3) is 3.13. The number of anilines is 1. The predicted octanol–water partition coefficient (Wildman–Crippen LogP) is 3.04. The third-order valence-electron chi connectivity index (χ3n) is 3.46. The fourth-order valence-electron chi connectivity index (χ4n) is 2.28. The molecule has 20 heavy (non-hydrogen) atoms. The summed E-state index contributed by atoms with van der Waals surface area (Å²) < 4.78 is 0. The van der Waals surface area contributed by atoms with Crippen LogP contribution in [0.15, 0.2) is 18.5 Å². The van der Waals surface area contributed by atoms with Gasteiger partial charge < -0.3 is 5.73 Å². The Kier molecular flexibility index (Phi) is 4.32. The van der Waals surface area contributed by atoms with E-state index in [1.165, 1.54) is 11.1 Å². The second-order valence-corrected chi connectivity index (χ2v) is 5.39. The first kappa shape index (κ1) is 14.4. The molecule has 0 unspecified atom stereocenters. The van der Waals surface area contributed by atoms with Gasteiger partial charge in [0.15, 0.2) is 0 Å². The molecule has 2 aromatic heterocycles. The summed E-state index contributed by atoms with van der Waals surface area (Å²) in [6.07, 6.45) is 5.51. The fraction of sp³-hybridized carbons (Fsp3) is 0.438. The topological polar surface area (TPSA) is 64.7 Å². The van der Waals surface area contributed by atoms with Crippen LogP contribution >= 0.6 is 0 Å².